The number of benzene rings is 1. The first-order valence-corrected chi connectivity index (χ1v) is 6.88. The number of aromatic nitrogens is 2. The van der Waals surface area contributed by atoms with Gasteiger partial charge in [-0.15, -0.1) is 0 Å². The molecule has 4 nitrogen and oxygen atoms in total. The van der Waals surface area contributed by atoms with Crippen LogP contribution in [-0.4, -0.2) is 39.2 Å². The Balaban J connectivity index is 1.91. The zero-order valence-electron chi connectivity index (χ0n) is 10.5. The maximum absolute atomic E-state index is 11.9. The number of carbonyl (C=O) groups excluding carboxylic acids is 1. The lowest BCUT2D eigenvalue weighted by Crippen LogP contribution is -2.23. The number of para-hydroxylation sites is 2. The Bertz CT molecular complexity index is 607. The van der Waals surface area contributed by atoms with Gasteiger partial charge in [0.1, 0.15) is 0 Å². The molecule has 18 heavy (non-hydrogen) atoms. The molecule has 94 valence electrons. The second-order valence-electron chi connectivity index (χ2n) is 4.60. The molecule has 0 spiro atoms. The van der Waals surface area contributed by atoms with E-state index in [1.807, 2.05) is 32.3 Å². The first-order chi connectivity index (χ1) is 8.66. The minimum Gasteiger partial charge on any atom is -0.345 e. The van der Waals surface area contributed by atoms with Crippen LogP contribution in [0, 0.1) is 0 Å². The average Bonchev–Trinajstić information content (AvgIpc) is 2.86. The summed E-state index contributed by atoms with van der Waals surface area (Å²) in [6.07, 6.45) is 0.906. The molecule has 1 amide bonds. The van der Waals surface area contributed by atoms with Crippen LogP contribution in [0.2, 0.25) is 0 Å². The van der Waals surface area contributed by atoms with Gasteiger partial charge in [0.25, 0.3) is 0 Å². The van der Waals surface area contributed by atoms with Gasteiger partial charge in [-0.3, -0.25) is 4.79 Å². The van der Waals surface area contributed by atoms with E-state index >= 15 is 0 Å². The summed E-state index contributed by atoms with van der Waals surface area (Å²) in [4.78, 5) is 18.3. The summed E-state index contributed by atoms with van der Waals surface area (Å²) in [5, 5.41) is 0.940. The highest BCUT2D eigenvalue weighted by molar-refractivity contribution is 8.00. The van der Waals surface area contributed by atoms with E-state index in [-0.39, 0.29) is 11.2 Å². The molecule has 1 aliphatic heterocycles. The minimum absolute atomic E-state index is 0.0190. The van der Waals surface area contributed by atoms with Gasteiger partial charge in [-0.25, -0.2) is 4.98 Å². The Morgan fingerprint density at radius 3 is 2.78 bits per heavy atom. The van der Waals surface area contributed by atoms with Crippen molar-refractivity contribution in [1.29, 1.82) is 0 Å². The smallest absolute Gasteiger partial charge is 0.235 e. The Morgan fingerprint density at radius 2 is 2.11 bits per heavy atom. The highest BCUT2D eigenvalue weighted by Gasteiger charge is 2.31. The highest BCUT2D eigenvalue weighted by Crippen LogP contribution is 2.31. The third-order valence-corrected chi connectivity index (χ3v) is 4.67. The number of thioether (sulfide) groups is 1. The summed E-state index contributed by atoms with van der Waals surface area (Å²) in [5.74, 6) is 0.215. The molecular formula is C13H15N3OS. The first-order valence-electron chi connectivity index (χ1n) is 6.00. The Morgan fingerprint density at radius 1 is 1.33 bits per heavy atom. The van der Waals surface area contributed by atoms with Crippen molar-refractivity contribution in [2.45, 2.75) is 16.8 Å². The predicted molar refractivity (Wildman–Crippen MR) is 72.6 cm³/mol. The van der Waals surface area contributed by atoms with Crippen molar-refractivity contribution in [3.8, 4) is 0 Å². The zero-order chi connectivity index (χ0) is 12.7. The van der Waals surface area contributed by atoms with Crippen molar-refractivity contribution in [2.24, 2.45) is 7.05 Å². The third-order valence-electron chi connectivity index (χ3n) is 3.37. The van der Waals surface area contributed by atoms with E-state index < -0.39 is 0 Å². The monoisotopic (exact) mass is 261 g/mol. The third kappa shape index (κ3) is 1.79. The van der Waals surface area contributed by atoms with E-state index in [0.717, 1.165) is 29.2 Å². The van der Waals surface area contributed by atoms with Crippen molar-refractivity contribution in [2.75, 3.05) is 13.6 Å². The number of imidazole rings is 1. The topological polar surface area (TPSA) is 38.1 Å². The number of likely N-dealkylation sites (tertiary alicyclic amines) is 1. The molecule has 2 heterocycles. The number of hydrogen-bond donors (Lipinski definition) is 0. The molecule has 1 saturated heterocycles. The molecule has 1 aromatic carbocycles. The van der Waals surface area contributed by atoms with E-state index in [2.05, 4.69) is 15.6 Å². The quantitative estimate of drug-likeness (QED) is 0.828. The maximum Gasteiger partial charge on any atom is 0.235 e. The van der Waals surface area contributed by atoms with Crippen LogP contribution in [0.15, 0.2) is 29.4 Å². The van der Waals surface area contributed by atoms with Crippen LogP contribution in [0.1, 0.15) is 6.42 Å². The molecule has 2 aromatic rings. The number of amides is 1. The van der Waals surface area contributed by atoms with Crippen molar-refractivity contribution < 1.29 is 4.79 Å². The van der Waals surface area contributed by atoms with Gasteiger partial charge in [0.15, 0.2) is 5.16 Å². The molecule has 1 aliphatic rings. The fraction of sp³-hybridized carbons (Fsp3) is 0.385. The molecular weight excluding hydrogens is 246 g/mol. The lowest BCUT2D eigenvalue weighted by molar-refractivity contribution is -0.126. The molecule has 5 heteroatoms. The Labute approximate surface area is 110 Å². The largest absolute Gasteiger partial charge is 0.345 e. The Kier molecular flexibility index (Phi) is 2.78. The van der Waals surface area contributed by atoms with Gasteiger partial charge in [-0.1, -0.05) is 23.9 Å². The summed E-state index contributed by atoms with van der Waals surface area (Å²) in [7, 11) is 3.86. The van der Waals surface area contributed by atoms with E-state index in [1.165, 1.54) is 0 Å². The summed E-state index contributed by atoms with van der Waals surface area (Å²) in [5.41, 5.74) is 2.10. The fourth-order valence-corrected chi connectivity index (χ4v) is 3.42. The molecule has 0 saturated carbocycles. The molecule has 1 atom stereocenters. The van der Waals surface area contributed by atoms with E-state index in [0.29, 0.717) is 0 Å². The first kappa shape index (κ1) is 11.6. The summed E-state index contributed by atoms with van der Waals surface area (Å²) in [6.45, 7) is 0.848. The molecule has 0 aliphatic carbocycles. The highest BCUT2D eigenvalue weighted by atomic mass is 32.2. The molecule has 0 radical (unpaired) electrons. The van der Waals surface area contributed by atoms with Crippen LogP contribution >= 0.6 is 11.8 Å². The summed E-state index contributed by atoms with van der Waals surface area (Å²) in [6, 6.07) is 8.04. The normalized spacial score (nSPS) is 20.0. The second kappa shape index (κ2) is 4.31. The van der Waals surface area contributed by atoms with E-state index in [9.17, 15) is 4.79 Å². The van der Waals surface area contributed by atoms with Crippen LogP contribution in [0.25, 0.3) is 11.0 Å². The van der Waals surface area contributed by atoms with Crippen LogP contribution < -0.4 is 0 Å². The maximum atomic E-state index is 11.9. The molecule has 0 N–H and O–H groups in total. The number of fused-ring (bicyclic) bond motifs is 1. The van der Waals surface area contributed by atoms with Crippen LogP contribution in [0.4, 0.5) is 0 Å². The standard InChI is InChI=1S/C13H15N3OS/c1-15-8-7-11(12(15)17)18-13-14-9-5-3-4-6-10(9)16(13)2/h3-6,11H,7-8H2,1-2H3/t11-/m1/s1. The predicted octanol–water partition coefficient (Wildman–Crippen LogP) is 1.90. The zero-order valence-corrected chi connectivity index (χ0v) is 11.3. The van der Waals surface area contributed by atoms with E-state index in [1.54, 1.807) is 16.7 Å². The van der Waals surface area contributed by atoms with Crippen LogP contribution in [-0.2, 0) is 11.8 Å². The SMILES string of the molecule is CN1CC[C@@H](Sc2nc3ccccc3n2C)C1=O. The van der Waals surface area contributed by atoms with Gasteiger partial charge in [-0.2, -0.15) is 0 Å². The number of nitrogens with zero attached hydrogens (tertiary/aromatic N) is 3. The number of aryl methyl sites for hydroxylation is 1. The van der Waals surface area contributed by atoms with Gasteiger partial charge >= 0.3 is 0 Å². The van der Waals surface area contributed by atoms with Gasteiger partial charge in [0.2, 0.25) is 5.91 Å². The molecule has 1 aromatic heterocycles. The van der Waals surface area contributed by atoms with Crippen LogP contribution in [0.5, 0.6) is 0 Å². The van der Waals surface area contributed by atoms with Crippen molar-refractivity contribution in [3.63, 3.8) is 0 Å². The van der Waals surface area contributed by atoms with Gasteiger partial charge < -0.3 is 9.47 Å². The molecule has 3 rings (SSSR count). The Hall–Kier alpha value is -1.49. The van der Waals surface area contributed by atoms with Gasteiger partial charge in [0.05, 0.1) is 16.3 Å². The van der Waals surface area contributed by atoms with E-state index in [4.69, 9.17) is 0 Å². The summed E-state index contributed by atoms with van der Waals surface area (Å²) >= 11 is 1.58. The van der Waals surface area contributed by atoms with Crippen molar-refractivity contribution >= 4 is 28.7 Å². The molecule has 0 unspecified atom stereocenters. The number of carbonyl (C=O) groups is 1. The lowest BCUT2D eigenvalue weighted by Gasteiger charge is -2.09. The van der Waals surface area contributed by atoms with Crippen molar-refractivity contribution in [1.82, 2.24) is 14.5 Å². The fourth-order valence-electron chi connectivity index (χ4n) is 2.26. The minimum atomic E-state index is 0.0190. The second-order valence-corrected chi connectivity index (χ2v) is 5.77. The van der Waals surface area contributed by atoms with Gasteiger partial charge in [-0.05, 0) is 18.6 Å². The lowest BCUT2D eigenvalue weighted by atomic mass is 10.3. The van der Waals surface area contributed by atoms with Gasteiger partial charge in [0, 0.05) is 20.6 Å². The van der Waals surface area contributed by atoms with Crippen molar-refractivity contribution in [3.05, 3.63) is 24.3 Å². The molecule has 1 fully saturated rings. The summed E-state index contributed by atoms with van der Waals surface area (Å²) < 4.78 is 2.06. The molecule has 0 bridgehead atoms. The van der Waals surface area contributed by atoms with Crippen LogP contribution in [0.3, 0.4) is 0 Å². The average molecular weight is 261 g/mol. The number of hydrogen-bond acceptors (Lipinski definition) is 3. The number of rotatable bonds is 2.